The number of amides is 1. The maximum Gasteiger partial charge on any atom is 0.243 e. The zero-order valence-corrected chi connectivity index (χ0v) is 15.9. The van der Waals surface area contributed by atoms with E-state index in [1.165, 1.54) is 16.4 Å². The summed E-state index contributed by atoms with van der Waals surface area (Å²) in [6, 6.07) is 13.0. The Morgan fingerprint density at radius 2 is 1.70 bits per heavy atom. The number of sulfonamides is 1. The van der Waals surface area contributed by atoms with Crippen molar-refractivity contribution in [2.45, 2.75) is 37.0 Å². The van der Waals surface area contributed by atoms with E-state index in [4.69, 9.17) is 0 Å². The number of anilines is 1. The molecule has 0 bridgehead atoms. The molecule has 1 amide bonds. The Kier molecular flexibility index (Phi) is 6.13. The van der Waals surface area contributed by atoms with Crippen molar-refractivity contribution in [2.24, 2.45) is 0 Å². The van der Waals surface area contributed by atoms with Gasteiger partial charge in [-0.15, -0.1) is 0 Å². The molecule has 0 aromatic heterocycles. The van der Waals surface area contributed by atoms with Crippen LogP contribution in [0.15, 0.2) is 53.4 Å². The number of para-hydroxylation sites is 1. The number of nitrogens with zero attached hydrogens (tertiary/aromatic N) is 1. The van der Waals surface area contributed by atoms with Crippen molar-refractivity contribution in [1.82, 2.24) is 4.31 Å². The quantitative estimate of drug-likeness (QED) is 0.824. The predicted octanol–water partition coefficient (Wildman–Crippen LogP) is 3.14. The van der Waals surface area contributed by atoms with Crippen LogP contribution < -0.4 is 5.32 Å². The van der Waals surface area contributed by atoms with Gasteiger partial charge in [0, 0.05) is 24.3 Å². The average Bonchev–Trinajstić information content (AvgIpc) is 2.94. The van der Waals surface area contributed by atoms with E-state index in [1.807, 2.05) is 0 Å². The first-order valence-electron chi connectivity index (χ1n) is 9.14. The van der Waals surface area contributed by atoms with Gasteiger partial charge in [0.1, 0.15) is 5.75 Å². The molecule has 144 valence electrons. The molecule has 1 saturated heterocycles. The van der Waals surface area contributed by atoms with Gasteiger partial charge in [-0.2, -0.15) is 4.31 Å². The van der Waals surface area contributed by atoms with Crippen LogP contribution in [0.5, 0.6) is 5.75 Å². The molecular weight excluding hydrogens is 364 g/mol. The molecule has 1 aliphatic rings. The normalized spacial score (nSPS) is 15.9. The number of carbonyl (C=O) groups is 1. The van der Waals surface area contributed by atoms with Gasteiger partial charge in [-0.3, -0.25) is 4.79 Å². The summed E-state index contributed by atoms with van der Waals surface area (Å²) in [5, 5.41) is 12.5. The summed E-state index contributed by atoms with van der Waals surface area (Å²) in [5.41, 5.74) is 0.940. The highest BCUT2D eigenvalue weighted by molar-refractivity contribution is 7.89. The van der Waals surface area contributed by atoms with Crippen molar-refractivity contribution in [3.05, 3.63) is 54.1 Å². The van der Waals surface area contributed by atoms with Gasteiger partial charge in [0.05, 0.1) is 11.3 Å². The molecule has 1 fully saturated rings. The minimum absolute atomic E-state index is 0.00970. The third kappa shape index (κ3) is 4.87. The van der Waals surface area contributed by atoms with Gasteiger partial charge in [0.15, 0.2) is 0 Å². The van der Waals surface area contributed by atoms with Gasteiger partial charge in [0.2, 0.25) is 15.9 Å². The Morgan fingerprint density at radius 1 is 1.00 bits per heavy atom. The Bertz CT molecular complexity index is 904. The van der Waals surface area contributed by atoms with Gasteiger partial charge in [-0.1, -0.05) is 37.1 Å². The van der Waals surface area contributed by atoms with Crippen molar-refractivity contribution < 1.29 is 18.3 Å². The van der Waals surface area contributed by atoms with Crippen molar-refractivity contribution in [2.75, 3.05) is 18.4 Å². The molecular formula is C20H24N2O4S. The summed E-state index contributed by atoms with van der Waals surface area (Å²) in [5.74, 6) is -0.258. The predicted molar refractivity (Wildman–Crippen MR) is 104 cm³/mol. The first-order valence-corrected chi connectivity index (χ1v) is 10.6. The van der Waals surface area contributed by atoms with Gasteiger partial charge < -0.3 is 10.4 Å². The van der Waals surface area contributed by atoms with E-state index in [0.29, 0.717) is 24.3 Å². The topological polar surface area (TPSA) is 86.7 Å². The number of benzene rings is 2. The van der Waals surface area contributed by atoms with Crippen molar-refractivity contribution in [1.29, 1.82) is 0 Å². The molecule has 2 aromatic carbocycles. The second kappa shape index (κ2) is 8.54. The van der Waals surface area contributed by atoms with Crippen LogP contribution in [0.2, 0.25) is 0 Å². The molecule has 1 aliphatic heterocycles. The molecule has 2 aromatic rings. The second-order valence-corrected chi connectivity index (χ2v) is 8.64. The number of rotatable bonds is 5. The van der Waals surface area contributed by atoms with Gasteiger partial charge in [-0.25, -0.2) is 8.42 Å². The zero-order chi connectivity index (χ0) is 19.3. The number of carbonyl (C=O) groups excluding carboxylic acids is 1. The third-order valence-electron chi connectivity index (χ3n) is 4.66. The number of phenolic OH excluding ortho intramolecular Hbond substituents is 1. The molecule has 6 nitrogen and oxygen atoms in total. The maximum absolute atomic E-state index is 12.9. The smallest absolute Gasteiger partial charge is 0.243 e. The first-order chi connectivity index (χ1) is 13.0. The minimum Gasteiger partial charge on any atom is -0.508 e. The average molecular weight is 388 g/mol. The lowest BCUT2D eigenvalue weighted by Crippen LogP contribution is -2.32. The van der Waals surface area contributed by atoms with Crippen LogP contribution in [-0.2, 0) is 21.2 Å². The van der Waals surface area contributed by atoms with Crippen LogP contribution in [0.4, 0.5) is 5.69 Å². The molecule has 0 atom stereocenters. The lowest BCUT2D eigenvalue weighted by atomic mass is 10.1. The molecule has 27 heavy (non-hydrogen) atoms. The lowest BCUT2D eigenvalue weighted by Gasteiger charge is -2.20. The fraction of sp³-hybridized carbons (Fsp3) is 0.350. The molecule has 1 heterocycles. The van der Waals surface area contributed by atoms with Crippen LogP contribution in [0.1, 0.15) is 31.2 Å². The Balaban J connectivity index is 1.73. The Labute approximate surface area is 159 Å². The van der Waals surface area contributed by atoms with E-state index in [9.17, 15) is 18.3 Å². The summed E-state index contributed by atoms with van der Waals surface area (Å²) in [6.07, 6.45) is 3.85. The maximum atomic E-state index is 12.9. The molecule has 0 spiro atoms. The van der Waals surface area contributed by atoms with E-state index in [2.05, 4.69) is 5.32 Å². The van der Waals surface area contributed by atoms with Gasteiger partial charge >= 0.3 is 0 Å². The number of hydrogen-bond donors (Lipinski definition) is 2. The number of aromatic hydroxyl groups is 1. The van der Waals surface area contributed by atoms with Crippen LogP contribution in [0.3, 0.4) is 0 Å². The van der Waals surface area contributed by atoms with Gasteiger partial charge in [0.25, 0.3) is 0 Å². The summed E-state index contributed by atoms with van der Waals surface area (Å²) in [7, 11) is -3.57. The van der Waals surface area contributed by atoms with Crippen LogP contribution in [0, 0.1) is 0 Å². The number of phenols is 1. The van der Waals surface area contributed by atoms with Gasteiger partial charge in [-0.05, 0) is 37.1 Å². The Morgan fingerprint density at radius 3 is 2.41 bits per heavy atom. The molecule has 0 aliphatic carbocycles. The monoisotopic (exact) mass is 388 g/mol. The fourth-order valence-corrected chi connectivity index (χ4v) is 4.77. The van der Waals surface area contributed by atoms with Crippen molar-refractivity contribution in [3.8, 4) is 5.75 Å². The van der Waals surface area contributed by atoms with Crippen molar-refractivity contribution in [3.63, 3.8) is 0 Å². The van der Waals surface area contributed by atoms with E-state index < -0.39 is 10.0 Å². The molecule has 2 N–H and O–H groups in total. The summed E-state index contributed by atoms with van der Waals surface area (Å²) in [6.45, 7) is 1.07. The molecule has 7 heteroatoms. The van der Waals surface area contributed by atoms with Crippen molar-refractivity contribution >= 4 is 21.6 Å². The number of hydrogen-bond acceptors (Lipinski definition) is 4. The number of nitrogens with one attached hydrogen (secondary N) is 1. The van der Waals surface area contributed by atoms with Crippen LogP contribution >= 0.6 is 0 Å². The first kappa shape index (κ1) is 19.4. The Hall–Kier alpha value is -2.38. The molecule has 0 radical (unpaired) electrons. The zero-order valence-electron chi connectivity index (χ0n) is 15.1. The lowest BCUT2D eigenvalue weighted by molar-refractivity contribution is -0.115. The standard InChI is InChI=1S/C20H24N2O4S/c23-19-11-4-3-8-16(19)14-20(24)21-17-9-7-10-18(15-17)27(25,26)22-12-5-1-2-6-13-22/h3-4,7-11,15,23H,1-2,5-6,12-14H2,(H,21,24). The minimum atomic E-state index is -3.57. The SMILES string of the molecule is O=C(Cc1ccccc1O)Nc1cccc(S(=O)(=O)N2CCCCCC2)c1. The van der Waals surface area contributed by atoms with Crippen LogP contribution in [-0.4, -0.2) is 36.8 Å². The largest absolute Gasteiger partial charge is 0.508 e. The molecule has 0 unspecified atom stereocenters. The second-order valence-electron chi connectivity index (χ2n) is 6.70. The van der Waals surface area contributed by atoms with E-state index in [0.717, 1.165) is 25.7 Å². The summed E-state index contributed by atoms with van der Waals surface area (Å²) < 4.78 is 27.3. The molecule has 3 rings (SSSR count). The summed E-state index contributed by atoms with van der Waals surface area (Å²) >= 11 is 0. The third-order valence-corrected chi connectivity index (χ3v) is 6.56. The van der Waals surface area contributed by atoms with E-state index >= 15 is 0 Å². The highest BCUT2D eigenvalue weighted by atomic mass is 32.2. The highest BCUT2D eigenvalue weighted by Gasteiger charge is 2.25. The highest BCUT2D eigenvalue weighted by Crippen LogP contribution is 2.23. The summed E-state index contributed by atoms with van der Waals surface area (Å²) in [4.78, 5) is 12.4. The fourth-order valence-electron chi connectivity index (χ4n) is 3.20. The van der Waals surface area contributed by atoms with Crippen LogP contribution in [0.25, 0.3) is 0 Å². The van der Waals surface area contributed by atoms with E-state index in [-0.39, 0.29) is 23.0 Å². The van der Waals surface area contributed by atoms with E-state index in [1.54, 1.807) is 36.4 Å². The molecule has 0 saturated carbocycles.